The third-order valence-electron chi connectivity index (χ3n) is 3.86. The molecule has 18 heavy (non-hydrogen) atoms. The first-order valence-corrected chi connectivity index (χ1v) is 6.48. The highest BCUT2D eigenvalue weighted by atomic mass is 16.1. The molecule has 2 heterocycles. The van der Waals surface area contributed by atoms with Gasteiger partial charge >= 0.3 is 0 Å². The van der Waals surface area contributed by atoms with Gasteiger partial charge in [-0.05, 0) is 41.9 Å². The highest BCUT2D eigenvalue weighted by molar-refractivity contribution is 6.03. The molecule has 0 N–H and O–H groups in total. The molecule has 3 aliphatic rings. The number of hydrogen-bond acceptors (Lipinski definition) is 2. The fraction of sp³-hybridized carbons (Fsp3) is 0.400. The number of hydrogen-bond donors (Lipinski definition) is 0. The van der Waals surface area contributed by atoms with E-state index < -0.39 is 0 Å². The number of rotatable bonds is 1. The molecule has 0 spiro atoms. The summed E-state index contributed by atoms with van der Waals surface area (Å²) in [7, 11) is 4.39. The molecule has 0 bridgehead atoms. The van der Waals surface area contributed by atoms with Crippen molar-refractivity contribution in [2.45, 2.75) is 19.4 Å². The Balaban J connectivity index is 2.11. The van der Waals surface area contributed by atoms with Gasteiger partial charge < -0.3 is 4.90 Å². The van der Waals surface area contributed by atoms with E-state index in [4.69, 9.17) is 0 Å². The third-order valence-corrected chi connectivity index (χ3v) is 3.86. The zero-order chi connectivity index (χ0) is 12.9. The van der Waals surface area contributed by atoms with Crippen molar-refractivity contribution < 1.29 is 9.28 Å². The molecule has 1 aliphatic carbocycles. The Morgan fingerprint density at radius 1 is 1.39 bits per heavy atom. The van der Waals surface area contributed by atoms with Gasteiger partial charge in [0.2, 0.25) is 0 Å². The Kier molecular flexibility index (Phi) is 2.35. The molecule has 2 aliphatic heterocycles. The van der Waals surface area contributed by atoms with Crippen LogP contribution in [0.4, 0.5) is 0 Å². The lowest BCUT2D eigenvalue weighted by atomic mass is 9.95. The van der Waals surface area contributed by atoms with Crippen molar-refractivity contribution in [3.63, 3.8) is 0 Å². The monoisotopic (exact) mass is 243 g/mol. The van der Waals surface area contributed by atoms with Gasteiger partial charge in [-0.3, -0.25) is 9.28 Å². The minimum atomic E-state index is 0.110. The number of ketones is 1. The topological polar surface area (TPSA) is 20.3 Å². The molecule has 0 saturated heterocycles. The van der Waals surface area contributed by atoms with Crippen molar-refractivity contribution in [3.05, 3.63) is 47.3 Å². The molecule has 0 aromatic rings. The lowest BCUT2D eigenvalue weighted by molar-refractivity contribution is -0.852. The number of allylic oxidation sites excluding steroid dienone is 4. The van der Waals surface area contributed by atoms with Gasteiger partial charge in [0.15, 0.2) is 12.5 Å². The van der Waals surface area contributed by atoms with Crippen LogP contribution in [0.5, 0.6) is 0 Å². The van der Waals surface area contributed by atoms with Gasteiger partial charge in [0.1, 0.15) is 0 Å². The molecular weight excluding hydrogens is 224 g/mol. The summed E-state index contributed by atoms with van der Waals surface area (Å²) in [6.07, 6.45) is 10.9. The minimum absolute atomic E-state index is 0.110. The van der Waals surface area contributed by atoms with E-state index in [0.29, 0.717) is 0 Å². The van der Waals surface area contributed by atoms with E-state index in [-0.39, 0.29) is 11.8 Å². The van der Waals surface area contributed by atoms with E-state index >= 15 is 0 Å². The lowest BCUT2D eigenvalue weighted by Gasteiger charge is -2.39. The second kappa shape index (κ2) is 3.69. The summed E-state index contributed by atoms with van der Waals surface area (Å²) in [5.74, 6) is 0.110. The molecule has 3 heteroatoms. The highest BCUT2D eigenvalue weighted by Gasteiger charge is 2.39. The van der Waals surface area contributed by atoms with Crippen molar-refractivity contribution in [2.75, 3.05) is 20.8 Å². The molecule has 0 aromatic heterocycles. The van der Waals surface area contributed by atoms with E-state index in [9.17, 15) is 4.79 Å². The van der Waals surface area contributed by atoms with Crippen LogP contribution in [0.15, 0.2) is 47.3 Å². The van der Waals surface area contributed by atoms with Crippen LogP contribution < -0.4 is 0 Å². The van der Waals surface area contributed by atoms with Crippen LogP contribution in [0.25, 0.3) is 0 Å². The molecular formula is C15H19N2O+. The smallest absolute Gasteiger partial charge is 0.179 e. The average Bonchev–Trinajstić information content (AvgIpc) is 2.59. The van der Waals surface area contributed by atoms with E-state index in [1.807, 2.05) is 6.08 Å². The summed E-state index contributed by atoms with van der Waals surface area (Å²) in [5, 5.41) is 0. The van der Waals surface area contributed by atoms with E-state index in [1.165, 1.54) is 16.8 Å². The van der Waals surface area contributed by atoms with Crippen LogP contribution in [0, 0.1) is 0 Å². The van der Waals surface area contributed by atoms with Crippen molar-refractivity contribution in [1.29, 1.82) is 0 Å². The summed E-state index contributed by atoms with van der Waals surface area (Å²) in [6.45, 7) is 3.15. The van der Waals surface area contributed by atoms with Crippen LogP contribution in [0.3, 0.4) is 0 Å². The van der Waals surface area contributed by atoms with Crippen LogP contribution in [0.2, 0.25) is 0 Å². The molecule has 3 rings (SSSR count). The fourth-order valence-electron chi connectivity index (χ4n) is 3.07. The predicted octanol–water partition coefficient (Wildman–Crippen LogP) is 1.96. The van der Waals surface area contributed by atoms with Gasteiger partial charge in [-0.1, -0.05) is 6.92 Å². The van der Waals surface area contributed by atoms with Crippen LogP contribution >= 0.6 is 0 Å². The summed E-state index contributed by atoms with van der Waals surface area (Å²) < 4.78 is 0.859. The Morgan fingerprint density at radius 3 is 2.89 bits per heavy atom. The standard InChI is InChI=1S/C15H19N2O/c1-4-14-12-6-5-11(18)9-13(12)15-7-8-17(2,3)10-16(14)15/h5-9,15H,4,10H2,1-3H3/q+1. The molecule has 0 aromatic carbocycles. The van der Waals surface area contributed by atoms with Gasteiger partial charge in [-0.25, -0.2) is 0 Å². The highest BCUT2D eigenvalue weighted by Crippen LogP contribution is 2.40. The largest absolute Gasteiger partial charge is 0.317 e. The summed E-state index contributed by atoms with van der Waals surface area (Å²) in [4.78, 5) is 14.0. The minimum Gasteiger partial charge on any atom is -0.317 e. The second-order valence-electron chi connectivity index (χ2n) is 5.73. The van der Waals surface area contributed by atoms with E-state index in [2.05, 4.69) is 38.2 Å². The molecule has 1 unspecified atom stereocenters. The Morgan fingerprint density at radius 2 is 2.17 bits per heavy atom. The van der Waals surface area contributed by atoms with Crippen molar-refractivity contribution in [3.8, 4) is 0 Å². The molecule has 1 atom stereocenters. The predicted molar refractivity (Wildman–Crippen MR) is 71.3 cm³/mol. The molecule has 94 valence electrons. The van der Waals surface area contributed by atoms with Gasteiger partial charge in [0.05, 0.1) is 26.3 Å². The SMILES string of the molecule is CCC1=C2C=CC(=O)C=C2C2C=C[N+](C)(C)CN12. The van der Waals surface area contributed by atoms with Crippen LogP contribution in [-0.4, -0.2) is 42.0 Å². The Bertz CT molecular complexity index is 535. The van der Waals surface area contributed by atoms with Gasteiger partial charge in [-0.15, -0.1) is 0 Å². The number of carbonyl (C=O) groups excluding carboxylic acids is 1. The van der Waals surface area contributed by atoms with Crippen molar-refractivity contribution in [1.82, 2.24) is 4.90 Å². The number of quaternary nitrogens is 1. The maximum Gasteiger partial charge on any atom is 0.179 e. The maximum absolute atomic E-state index is 11.6. The molecule has 0 fully saturated rings. The quantitative estimate of drug-likeness (QED) is 0.656. The fourth-order valence-corrected chi connectivity index (χ4v) is 3.07. The molecule has 0 radical (unpaired) electrons. The van der Waals surface area contributed by atoms with Gasteiger partial charge in [-0.2, -0.15) is 0 Å². The molecule has 0 amide bonds. The Hall–Kier alpha value is -1.61. The summed E-state index contributed by atoms with van der Waals surface area (Å²) >= 11 is 0. The molecule has 3 nitrogen and oxygen atoms in total. The number of nitrogens with zero attached hydrogens (tertiary/aromatic N) is 2. The Labute approximate surface area is 108 Å². The first kappa shape index (κ1) is 11.5. The first-order chi connectivity index (χ1) is 8.52. The first-order valence-electron chi connectivity index (χ1n) is 6.48. The van der Waals surface area contributed by atoms with E-state index in [0.717, 1.165) is 17.6 Å². The lowest BCUT2D eigenvalue weighted by Crippen LogP contribution is -2.49. The average molecular weight is 243 g/mol. The maximum atomic E-state index is 11.6. The second-order valence-corrected chi connectivity index (χ2v) is 5.73. The van der Waals surface area contributed by atoms with Crippen LogP contribution in [-0.2, 0) is 4.79 Å². The zero-order valence-electron chi connectivity index (χ0n) is 11.2. The molecule has 0 saturated carbocycles. The van der Waals surface area contributed by atoms with E-state index in [1.54, 1.807) is 12.2 Å². The van der Waals surface area contributed by atoms with Gasteiger partial charge in [0, 0.05) is 5.70 Å². The van der Waals surface area contributed by atoms with Crippen LogP contribution in [0.1, 0.15) is 13.3 Å². The van der Waals surface area contributed by atoms with Crippen molar-refractivity contribution >= 4 is 5.78 Å². The van der Waals surface area contributed by atoms with Gasteiger partial charge in [0.25, 0.3) is 0 Å². The number of fused-ring (bicyclic) bond motifs is 3. The summed E-state index contributed by atoms with van der Waals surface area (Å²) in [6, 6.07) is 0.259. The third kappa shape index (κ3) is 1.58. The summed E-state index contributed by atoms with van der Waals surface area (Å²) in [5.41, 5.74) is 3.80. The van der Waals surface area contributed by atoms with Crippen molar-refractivity contribution in [2.24, 2.45) is 0 Å². The number of carbonyl (C=O) groups is 1. The normalized spacial score (nSPS) is 28.4. The zero-order valence-corrected chi connectivity index (χ0v) is 11.2.